The lowest BCUT2D eigenvalue weighted by atomic mass is 10.1. The van der Waals surface area contributed by atoms with Crippen molar-refractivity contribution in [1.82, 2.24) is 4.98 Å². The molecule has 0 atom stereocenters. The Bertz CT molecular complexity index is 423. The van der Waals surface area contributed by atoms with E-state index in [1.54, 1.807) is 6.20 Å². The van der Waals surface area contributed by atoms with Crippen LogP contribution in [0.1, 0.15) is 11.1 Å². The molecule has 0 spiro atoms. The third kappa shape index (κ3) is 1.93. The fraction of sp³-hybridized carbons (Fsp3) is 0.182. The highest BCUT2D eigenvalue weighted by atomic mass is 32.1. The number of benzene rings is 1. The summed E-state index contributed by atoms with van der Waals surface area (Å²) < 4.78 is 5.61. The van der Waals surface area contributed by atoms with Crippen molar-refractivity contribution in [3.63, 3.8) is 0 Å². The summed E-state index contributed by atoms with van der Waals surface area (Å²) in [7, 11) is 0. The van der Waals surface area contributed by atoms with Crippen LogP contribution in [-0.2, 0) is 0 Å². The van der Waals surface area contributed by atoms with E-state index in [1.807, 2.05) is 24.4 Å². The predicted octanol–water partition coefficient (Wildman–Crippen LogP) is 3.55. The third-order valence-corrected chi connectivity index (χ3v) is 2.59. The Morgan fingerprint density at radius 1 is 1.29 bits per heavy atom. The first-order valence-corrected chi connectivity index (χ1v) is 5.28. The lowest BCUT2D eigenvalue weighted by Crippen LogP contribution is -1.87. The molecule has 72 valence electrons. The van der Waals surface area contributed by atoms with Crippen molar-refractivity contribution < 1.29 is 4.74 Å². The van der Waals surface area contributed by atoms with Gasteiger partial charge in [0.1, 0.15) is 5.75 Å². The largest absolute Gasteiger partial charge is 0.431 e. The average Bonchev–Trinajstić information content (AvgIpc) is 2.62. The van der Waals surface area contributed by atoms with Crippen LogP contribution in [0.3, 0.4) is 0 Å². The van der Waals surface area contributed by atoms with Gasteiger partial charge in [0.2, 0.25) is 0 Å². The maximum Gasteiger partial charge on any atom is 0.278 e. The lowest BCUT2D eigenvalue weighted by Gasteiger charge is -2.05. The molecule has 0 aliphatic rings. The van der Waals surface area contributed by atoms with Crippen LogP contribution in [0, 0.1) is 13.8 Å². The molecular formula is C11H11NOS. The summed E-state index contributed by atoms with van der Waals surface area (Å²) in [5.41, 5.74) is 2.38. The number of hydrogen-bond acceptors (Lipinski definition) is 3. The Morgan fingerprint density at radius 2 is 2.14 bits per heavy atom. The third-order valence-electron chi connectivity index (χ3n) is 1.94. The van der Waals surface area contributed by atoms with Crippen LogP contribution in [0.15, 0.2) is 29.8 Å². The molecule has 1 heterocycles. The van der Waals surface area contributed by atoms with Gasteiger partial charge in [0.25, 0.3) is 5.19 Å². The molecule has 0 unspecified atom stereocenters. The van der Waals surface area contributed by atoms with E-state index in [0.717, 1.165) is 11.3 Å². The van der Waals surface area contributed by atoms with Crippen LogP contribution in [0.2, 0.25) is 0 Å². The second-order valence-corrected chi connectivity index (χ2v) is 4.03. The highest BCUT2D eigenvalue weighted by molar-refractivity contribution is 7.11. The Hall–Kier alpha value is -1.35. The minimum absolute atomic E-state index is 0.692. The molecule has 2 rings (SSSR count). The SMILES string of the molecule is Cc1ccc(Oc2nccs2)c(C)c1. The quantitative estimate of drug-likeness (QED) is 0.748. The Balaban J connectivity index is 2.25. The number of nitrogens with zero attached hydrogens (tertiary/aromatic N) is 1. The zero-order valence-electron chi connectivity index (χ0n) is 8.15. The highest BCUT2D eigenvalue weighted by Crippen LogP contribution is 2.26. The topological polar surface area (TPSA) is 22.1 Å². The molecule has 0 bridgehead atoms. The van der Waals surface area contributed by atoms with Gasteiger partial charge in [-0.25, -0.2) is 4.98 Å². The minimum Gasteiger partial charge on any atom is -0.431 e. The van der Waals surface area contributed by atoms with Crippen molar-refractivity contribution in [2.24, 2.45) is 0 Å². The van der Waals surface area contributed by atoms with Crippen LogP contribution in [-0.4, -0.2) is 4.98 Å². The summed E-state index contributed by atoms with van der Waals surface area (Å²) in [5.74, 6) is 0.880. The van der Waals surface area contributed by atoms with Crippen LogP contribution in [0.5, 0.6) is 10.9 Å². The standard InChI is InChI=1S/C11H11NOS/c1-8-3-4-10(9(2)7-8)13-11-12-5-6-14-11/h3-7H,1-2H3. The first kappa shape index (κ1) is 9.21. The second kappa shape index (κ2) is 3.80. The maximum absolute atomic E-state index is 5.61. The highest BCUT2D eigenvalue weighted by Gasteiger charge is 2.02. The van der Waals surface area contributed by atoms with Crippen molar-refractivity contribution in [3.05, 3.63) is 40.9 Å². The van der Waals surface area contributed by atoms with E-state index in [4.69, 9.17) is 4.74 Å². The maximum atomic E-state index is 5.61. The molecule has 0 aliphatic carbocycles. The van der Waals surface area contributed by atoms with Gasteiger partial charge in [-0.2, -0.15) is 0 Å². The first-order chi connectivity index (χ1) is 6.75. The Kier molecular flexibility index (Phi) is 2.50. The van der Waals surface area contributed by atoms with Gasteiger partial charge >= 0.3 is 0 Å². The van der Waals surface area contributed by atoms with Gasteiger partial charge in [-0.15, -0.1) is 0 Å². The van der Waals surface area contributed by atoms with E-state index >= 15 is 0 Å². The first-order valence-electron chi connectivity index (χ1n) is 4.40. The summed E-state index contributed by atoms with van der Waals surface area (Å²) in [6.07, 6.45) is 1.74. The van der Waals surface area contributed by atoms with Gasteiger partial charge < -0.3 is 4.74 Å². The van der Waals surface area contributed by atoms with Gasteiger partial charge in [0, 0.05) is 11.6 Å². The van der Waals surface area contributed by atoms with Crippen LogP contribution >= 0.6 is 11.3 Å². The van der Waals surface area contributed by atoms with Crippen LogP contribution in [0.25, 0.3) is 0 Å². The van der Waals surface area contributed by atoms with E-state index in [-0.39, 0.29) is 0 Å². The van der Waals surface area contributed by atoms with E-state index < -0.39 is 0 Å². The Morgan fingerprint density at radius 3 is 2.79 bits per heavy atom. The van der Waals surface area contributed by atoms with Gasteiger partial charge in [-0.1, -0.05) is 29.0 Å². The van der Waals surface area contributed by atoms with E-state index in [0.29, 0.717) is 5.19 Å². The minimum atomic E-state index is 0.692. The van der Waals surface area contributed by atoms with E-state index in [1.165, 1.54) is 16.9 Å². The van der Waals surface area contributed by atoms with Crippen molar-refractivity contribution in [2.45, 2.75) is 13.8 Å². The summed E-state index contributed by atoms with van der Waals surface area (Å²) >= 11 is 1.50. The summed E-state index contributed by atoms with van der Waals surface area (Å²) in [5, 5.41) is 2.59. The van der Waals surface area contributed by atoms with Crippen molar-refractivity contribution >= 4 is 11.3 Å². The Labute approximate surface area is 87.2 Å². The monoisotopic (exact) mass is 205 g/mol. The van der Waals surface area contributed by atoms with Gasteiger partial charge in [0.15, 0.2) is 0 Å². The summed E-state index contributed by atoms with van der Waals surface area (Å²) in [4.78, 5) is 4.07. The van der Waals surface area contributed by atoms with E-state index in [2.05, 4.69) is 18.0 Å². The molecule has 2 nitrogen and oxygen atoms in total. The second-order valence-electron chi connectivity index (χ2n) is 3.17. The van der Waals surface area contributed by atoms with Gasteiger partial charge in [-0.3, -0.25) is 0 Å². The molecule has 0 N–H and O–H groups in total. The molecule has 1 aromatic heterocycles. The predicted molar refractivity (Wildman–Crippen MR) is 58.1 cm³/mol. The fourth-order valence-corrected chi connectivity index (χ4v) is 1.77. The van der Waals surface area contributed by atoms with Crippen molar-refractivity contribution in [2.75, 3.05) is 0 Å². The zero-order chi connectivity index (χ0) is 9.97. The number of thiazole rings is 1. The smallest absolute Gasteiger partial charge is 0.278 e. The number of aryl methyl sites for hydroxylation is 2. The molecule has 0 radical (unpaired) electrons. The fourth-order valence-electron chi connectivity index (χ4n) is 1.27. The van der Waals surface area contributed by atoms with Crippen molar-refractivity contribution in [1.29, 1.82) is 0 Å². The molecule has 0 amide bonds. The number of ether oxygens (including phenoxy) is 1. The molecule has 2 aromatic rings. The van der Waals surface area contributed by atoms with Gasteiger partial charge in [0.05, 0.1) is 0 Å². The molecule has 0 fully saturated rings. The number of rotatable bonds is 2. The number of aromatic nitrogens is 1. The molecule has 14 heavy (non-hydrogen) atoms. The zero-order valence-corrected chi connectivity index (χ0v) is 8.97. The molecular weight excluding hydrogens is 194 g/mol. The van der Waals surface area contributed by atoms with Gasteiger partial charge in [-0.05, 0) is 25.5 Å². The normalized spacial score (nSPS) is 10.1. The van der Waals surface area contributed by atoms with Crippen LogP contribution in [0.4, 0.5) is 0 Å². The molecule has 0 saturated heterocycles. The van der Waals surface area contributed by atoms with Crippen LogP contribution < -0.4 is 4.74 Å². The van der Waals surface area contributed by atoms with E-state index in [9.17, 15) is 0 Å². The summed E-state index contributed by atoms with van der Waals surface area (Å²) in [6, 6.07) is 6.12. The molecule has 0 aliphatic heterocycles. The molecule has 1 aromatic carbocycles. The molecule has 0 saturated carbocycles. The van der Waals surface area contributed by atoms with Crippen molar-refractivity contribution in [3.8, 4) is 10.9 Å². The lowest BCUT2D eigenvalue weighted by molar-refractivity contribution is 0.475. The number of hydrogen-bond donors (Lipinski definition) is 0. The summed E-state index contributed by atoms with van der Waals surface area (Å²) in [6.45, 7) is 4.11. The average molecular weight is 205 g/mol. The molecule has 3 heteroatoms.